The molecule has 0 atom stereocenters. The van der Waals surface area contributed by atoms with E-state index in [1.54, 1.807) is 24.3 Å². The van der Waals surface area contributed by atoms with Gasteiger partial charge in [0.1, 0.15) is 12.3 Å². The number of carbonyl (C=O) groups excluding carboxylic acids is 2. The number of ether oxygens (including phenoxy) is 1. The number of hydrogen-bond donors (Lipinski definition) is 4. The van der Waals surface area contributed by atoms with E-state index < -0.39 is 18.5 Å². The summed E-state index contributed by atoms with van der Waals surface area (Å²) in [6.45, 7) is 2.05. The lowest BCUT2D eigenvalue weighted by Gasteiger charge is -2.35. The second-order valence-electron chi connectivity index (χ2n) is 9.49. The van der Waals surface area contributed by atoms with Gasteiger partial charge in [-0.3, -0.25) is 24.7 Å². The smallest absolute Gasteiger partial charge is 0.408 e. The van der Waals surface area contributed by atoms with Crippen LogP contribution in [0.3, 0.4) is 0 Å². The molecular weight excluding hydrogens is 488 g/mol. The Hall–Kier alpha value is -4.18. The first-order valence-corrected chi connectivity index (χ1v) is 12.7. The summed E-state index contributed by atoms with van der Waals surface area (Å²) in [6, 6.07) is 16.7. The van der Waals surface area contributed by atoms with E-state index in [-0.39, 0.29) is 18.0 Å². The molecule has 38 heavy (non-hydrogen) atoms. The fourth-order valence-corrected chi connectivity index (χ4v) is 4.93. The van der Waals surface area contributed by atoms with Crippen LogP contribution in [0.15, 0.2) is 54.6 Å². The Labute approximate surface area is 220 Å². The summed E-state index contributed by atoms with van der Waals surface area (Å²) in [5.41, 5.74) is 5.10. The Kier molecular flexibility index (Phi) is 8.75. The third kappa shape index (κ3) is 6.77. The van der Waals surface area contributed by atoms with Crippen LogP contribution in [0.5, 0.6) is 5.75 Å². The molecule has 0 spiro atoms. The van der Waals surface area contributed by atoms with Crippen molar-refractivity contribution in [3.63, 3.8) is 0 Å². The summed E-state index contributed by atoms with van der Waals surface area (Å²) in [5, 5.41) is 22.2. The van der Waals surface area contributed by atoms with Gasteiger partial charge in [-0.1, -0.05) is 18.2 Å². The maximum absolute atomic E-state index is 12.7. The number of hydroxylamine groups is 1. The molecule has 4 N–H and O–H groups in total. The third-order valence-electron chi connectivity index (χ3n) is 6.84. The minimum Gasteiger partial charge on any atom is -0.493 e. The molecule has 0 saturated heterocycles. The lowest BCUT2D eigenvalue weighted by Crippen LogP contribution is -2.49. The molecule has 1 aromatic heterocycles. The molecule has 1 aliphatic carbocycles. The van der Waals surface area contributed by atoms with Crippen LogP contribution < -0.4 is 15.5 Å². The molecule has 0 aliphatic heterocycles. The first-order valence-electron chi connectivity index (χ1n) is 12.7. The Morgan fingerprint density at radius 1 is 1.05 bits per heavy atom. The largest absolute Gasteiger partial charge is 0.493 e. The zero-order valence-corrected chi connectivity index (χ0v) is 21.2. The van der Waals surface area contributed by atoms with Gasteiger partial charge in [0.25, 0.3) is 11.8 Å². The fourth-order valence-electron chi connectivity index (χ4n) is 4.93. The molecule has 1 aliphatic rings. The number of pyridine rings is 1. The maximum Gasteiger partial charge on any atom is 0.408 e. The van der Waals surface area contributed by atoms with Crippen molar-refractivity contribution in [2.45, 2.75) is 51.1 Å². The molecule has 3 amide bonds. The molecule has 0 bridgehead atoms. The van der Waals surface area contributed by atoms with Crippen LogP contribution in [0.1, 0.15) is 47.3 Å². The van der Waals surface area contributed by atoms with Crippen molar-refractivity contribution < 1.29 is 29.4 Å². The molecule has 1 heterocycles. The van der Waals surface area contributed by atoms with E-state index in [2.05, 4.69) is 22.4 Å². The summed E-state index contributed by atoms with van der Waals surface area (Å²) < 4.78 is 5.92. The number of para-hydroxylation sites is 1. The van der Waals surface area contributed by atoms with Gasteiger partial charge in [-0.2, -0.15) is 0 Å². The Morgan fingerprint density at radius 3 is 2.45 bits per heavy atom. The van der Waals surface area contributed by atoms with Crippen molar-refractivity contribution in [1.82, 2.24) is 20.7 Å². The number of aromatic nitrogens is 1. The lowest BCUT2D eigenvalue weighted by molar-refractivity contribution is -0.130. The molecular formula is C28H32N4O6. The highest BCUT2D eigenvalue weighted by molar-refractivity contribution is 5.94. The van der Waals surface area contributed by atoms with Crippen LogP contribution in [-0.4, -0.2) is 63.3 Å². The zero-order chi connectivity index (χ0) is 27.1. The van der Waals surface area contributed by atoms with Gasteiger partial charge in [-0.05, 0) is 74.6 Å². The average molecular weight is 521 g/mol. The number of benzene rings is 2. The molecule has 1 saturated carbocycles. The monoisotopic (exact) mass is 520 g/mol. The van der Waals surface area contributed by atoms with Gasteiger partial charge in [0.15, 0.2) is 0 Å². The molecule has 200 valence electrons. The molecule has 0 unspecified atom stereocenters. The van der Waals surface area contributed by atoms with Crippen molar-refractivity contribution in [2.24, 2.45) is 0 Å². The highest BCUT2D eigenvalue weighted by Gasteiger charge is 2.30. The van der Waals surface area contributed by atoms with Crippen LogP contribution >= 0.6 is 0 Å². The number of fused-ring (bicyclic) bond motifs is 1. The van der Waals surface area contributed by atoms with Crippen LogP contribution in [0.2, 0.25) is 0 Å². The maximum atomic E-state index is 12.7. The highest BCUT2D eigenvalue weighted by atomic mass is 16.5. The first kappa shape index (κ1) is 26.9. The van der Waals surface area contributed by atoms with E-state index in [1.807, 2.05) is 25.1 Å². The van der Waals surface area contributed by atoms with E-state index in [0.29, 0.717) is 43.6 Å². The molecule has 3 aromatic rings. The fraction of sp³-hybridized carbons (Fsp3) is 0.357. The van der Waals surface area contributed by atoms with Gasteiger partial charge in [-0.25, -0.2) is 10.3 Å². The van der Waals surface area contributed by atoms with Crippen molar-refractivity contribution in [3.05, 3.63) is 71.4 Å². The number of hydrogen-bond acceptors (Lipinski definition) is 6. The van der Waals surface area contributed by atoms with Crippen molar-refractivity contribution in [2.75, 3.05) is 13.2 Å². The summed E-state index contributed by atoms with van der Waals surface area (Å²) in [5.74, 6) is -0.303. The summed E-state index contributed by atoms with van der Waals surface area (Å²) in [6.07, 6.45) is 1.71. The zero-order valence-electron chi connectivity index (χ0n) is 21.2. The van der Waals surface area contributed by atoms with Crippen molar-refractivity contribution in [1.29, 1.82) is 0 Å². The molecule has 2 aromatic carbocycles. The molecule has 0 radical (unpaired) electrons. The minimum atomic E-state index is -1.22. The SMILES string of the molecule is Cc1cc(CCOc2ccc(C(=O)N[C@H]3CC[C@H](N(CC(=O)NO)C(=O)O)CC3)cc2)c2ccccc2n1. The van der Waals surface area contributed by atoms with Gasteiger partial charge in [0.2, 0.25) is 0 Å². The number of carbonyl (C=O) groups is 3. The number of rotatable bonds is 9. The first-order chi connectivity index (χ1) is 18.3. The Bertz CT molecular complexity index is 1290. The van der Waals surface area contributed by atoms with E-state index >= 15 is 0 Å². The van der Waals surface area contributed by atoms with Gasteiger partial charge in [0, 0.05) is 35.1 Å². The molecule has 10 heteroatoms. The van der Waals surface area contributed by atoms with E-state index in [0.717, 1.165) is 27.9 Å². The standard InChI is InChI=1S/C28H32N4O6/c1-18-16-20(24-4-2-3-5-25(24)29-18)14-15-38-23-12-6-19(7-13-23)27(34)30-21-8-10-22(11-9-21)32(28(35)36)17-26(33)31-37/h2-7,12-13,16,21-22,37H,8-11,14-15,17H2,1H3,(H,30,34)(H,31,33)(H,35,36)/t21-,22-. The lowest BCUT2D eigenvalue weighted by atomic mass is 9.90. The topological polar surface area (TPSA) is 141 Å². The van der Waals surface area contributed by atoms with Crippen LogP contribution in [0.25, 0.3) is 10.9 Å². The Morgan fingerprint density at radius 2 is 1.76 bits per heavy atom. The second kappa shape index (κ2) is 12.4. The van der Waals surface area contributed by atoms with E-state index in [4.69, 9.17) is 9.94 Å². The van der Waals surface area contributed by atoms with Crippen molar-refractivity contribution >= 4 is 28.8 Å². The van der Waals surface area contributed by atoms with Gasteiger partial charge < -0.3 is 15.2 Å². The normalized spacial score (nSPS) is 17.0. The van der Waals surface area contributed by atoms with Crippen LogP contribution in [0, 0.1) is 6.92 Å². The third-order valence-corrected chi connectivity index (χ3v) is 6.84. The van der Waals surface area contributed by atoms with Crippen LogP contribution in [-0.2, 0) is 11.2 Å². The minimum absolute atomic E-state index is 0.0874. The summed E-state index contributed by atoms with van der Waals surface area (Å²) >= 11 is 0. The average Bonchev–Trinajstić information content (AvgIpc) is 2.92. The quantitative estimate of drug-likeness (QED) is 0.249. The van der Waals surface area contributed by atoms with Gasteiger partial charge in [0.05, 0.1) is 12.1 Å². The Balaban J connectivity index is 1.25. The number of carboxylic acid groups (broad SMARTS) is 1. The molecule has 10 nitrogen and oxygen atoms in total. The van der Waals surface area contributed by atoms with E-state index in [9.17, 15) is 19.5 Å². The molecule has 1 fully saturated rings. The predicted molar refractivity (Wildman–Crippen MR) is 140 cm³/mol. The van der Waals surface area contributed by atoms with Crippen molar-refractivity contribution in [3.8, 4) is 5.75 Å². The summed E-state index contributed by atoms with van der Waals surface area (Å²) in [7, 11) is 0. The summed E-state index contributed by atoms with van der Waals surface area (Å²) in [4.78, 5) is 41.3. The number of nitrogens with one attached hydrogen (secondary N) is 2. The highest BCUT2D eigenvalue weighted by Crippen LogP contribution is 2.24. The number of amides is 3. The van der Waals surface area contributed by atoms with E-state index in [1.165, 1.54) is 11.0 Å². The number of nitrogens with zero attached hydrogens (tertiary/aromatic N) is 2. The predicted octanol–water partition coefficient (Wildman–Crippen LogP) is 3.69. The second-order valence-corrected chi connectivity index (χ2v) is 9.49. The van der Waals surface area contributed by atoms with Crippen LogP contribution in [0.4, 0.5) is 4.79 Å². The van der Waals surface area contributed by atoms with Gasteiger partial charge >= 0.3 is 6.09 Å². The van der Waals surface area contributed by atoms with Gasteiger partial charge in [-0.15, -0.1) is 0 Å². The molecule has 4 rings (SSSR count). The number of aryl methyl sites for hydroxylation is 1.